The highest BCUT2D eigenvalue weighted by Crippen LogP contribution is 2.19. The molecule has 1 atom stereocenters. The highest BCUT2D eigenvalue weighted by atomic mass is 16.7. The van der Waals surface area contributed by atoms with Crippen LogP contribution in [-0.4, -0.2) is 22.1 Å². The van der Waals surface area contributed by atoms with Gasteiger partial charge < -0.3 is 9.94 Å². The average Bonchev–Trinajstić information content (AvgIpc) is 2.46. The Morgan fingerprint density at radius 1 is 1.21 bits per heavy atom. The number of rotatable bonds is 4. The molecule has 2 aromatic rings. The monoisotopic (exact) mass is 256 g/mol. The highest BCUT2D eigenvalue weighted by Gasteiger charge is 2.03. The summed E-state index contributed by atoms with van der Waals surface area (Å²) < 4.78 is 0. The highest BCUT2D eigenvalue weighted by molar-refractivity contribution is 5.98. The molecule has 4 heteroatoms. The second-order valence-electron chi connectivity index (χ2n) is 4.21. The maximum atomic E-state index is 9.04. The van der Waals surface area contributed by atoms with Crippen molar-refractivity contribution in [2.45, 2.75) is 20.1 Å². The molecule has 0 bridgehead atoms. The molecule has 0 aliphatic rings. The molecule has 0 aliphatic heterocycles. The Balaban J connectivity index is 2.27. The third-order valence-corrected chi connectivity index (χ3v) is 2.61. The Labute approximate surface area is 112 Å². The fraction of sp³-hybridized carbons (Fsp3) is 0.200. The SMILES string of the molecule is CC(=NOC(C)O)c1cncc(-c2ccccc2)c1. The van der Waals surface area contributed by atoms with Crippen LogP contribution in [-0.2, 0) is 4.84 Å². The van der Waals surface area contributed by atoms with Gasteiger partial charge in [-0.25, -0.2) is 0 Å². The first-order chi connectivity index (χ1) is 9.16. The van der Waals surface area contributed by atoms with Gasteiger partial charge in [-0.05, 0) is 18.6 Å². The average molecular weight is 256 g/mol. The summed E-state index contributed by atoms with van der Waals surface area (Å²) in [6.07, 6.45) is 2.61. The zero-order valence-corrected chi connectivity index (χ0v) is 10.9. The van der Waals surface area contributed by atoms with E-state index < -0.39 is 6.29 Å². The van der Waals surface area contributed by atoms with Crippen LogP contribution in [0.2, 0.25) is 0 Å². The fourth-order valence-electron chi connectivity index (χ4n) is 1.63. The summed E-state index contributed by atoms with van der Waals surface area (Å²) in [5.74, 6) is 0. The topological polar surface area (TPSA) is 54.7 Å². The van der Waals surface area contributed by atoms with E-state index in [2.05, 4.69) is 10.1 Å². The molecular formula is C15H16N2O2. The summed E-state index contributed by atoms with van der Waals surface area (Å²) in [6.45, 7) is 3.32. The smallest absolute Gasteiger partial charge is 0.221 e. The number of hydrogen-bond acceptors (Lipinski definition) is 4. The van der Waals surface area contributed by atoms with Crippen LogP contribution in [0.15, 0.2) is 53.9 Å². The molecule has 1 aromatic carbocycles. The lowest BCUT2D eigenvalue weighted by molar-refractivity contribution is -0.0836. The number of hydrogen-bond donors (Lipinski definition) is 1. The van der Waals surface area contributed by atoms with Crippen LogP contribution in [0.3, 0.4) is 0 Å². The number of aliphatic hydroxyl groups excluding tert-OH is 1. The molecular weight excluding hydrogens is 240 g/mol. The number of aromatic nitrogens is 1. The maximum absolute atomic E-state index is 9.04. The Morgan fingerprint density at radius 3 is 2.63 bits per heavy atom. The van der Waals surface area contributed by atoms with Crippen molar-refractivity contribution in [2.24, 2.45) is 5.16 Å². The summed E-state index contributed by atoms with van der Waals surface area (Å²) in [5.41, 5.74) is 3.65. The Kier molecular flexibility index (Phi) is 4.26. The molecule has 19 heavy (non-hydrogen) atoms. The molecule has 98 valence electrons. The van der Waals surface area contributed by atoms with Gasteiger partial charge in [-0.2, -0.15) is 0 Å². The Hall–Kier alpha value is -2.20. The molecule has 2 rings (SSSR count). The Morgan fingerprint density at radius 2 is 1.95 bits per heavy atom. The second kappa shape index (κ2) is 6.11. The first-order valence-electron chi connectivity index (χ1n) is 6.06. The molecule has 4 nitrogen and oxygen atoms in total. The fourth-order valence-corrected chi connectivity index (χ4v) is 1.63. The van der Waals surface area contributed by atoms with Gasteiger partial charge in [-0.1, -0.05) is 35.5 Å². The predicted molar refractivity (Wildman–Crippen MR) is 74.6 cm³/mol. The van der Waals surface area contributed by atoms with Crippen molar-refractivity contribution in [3.63, 3.8) is 0 Å². The quantitative estimate of drug-likeness (QED) is 0.520. The van der Waals surface area contributed by atoms with Gasteiger partial charge in [0, 0.05) is 30.4 Å². The van der Waals surface area contributed by atoms with Crippen LogP contribution in [0, 0.1) is 0 Å². The van der Waals surface area contributed by atoms with Crippen molar-refractivity contribution in [1.82, 2.24) is 4.98 Å². The van der Waals surface area contributed by atoms with Gasteiger partial charge >= 0.3 is 0 Å². The standard InChI is InChI=1S/C15H16N2O2/c1-11(17-19-12(2)18)14-8-15(10-16-9-14)13-6-4-3-5-7-13/h3-10,12,18H,1-2H3. The molecule has 0 aliphatic carbocycles. The lowest BCUT2D eigenvalue weighted by Crippen LogP contribution is -2.04. The number of benzene rings is 1. The van der Waals surface area contributed by atoms with Crippen LogP contribution < -0.4 is 0 Å². The predicted octanol–water partition coefficient (Wildman–Crippen LogP) is 2.83. The zero-order chi connectivity index (χ0) is 13.7. The van der Waals surface area contributed by atoms with E-state index >= 15 is 0 Å². The van der Waals surface area contributed by atoms with Gasteiger partial charge in [-0.3, -0.25) is 4.98 Å². The van der Waals surface area contributed by atoms with E-state index in [9.17, 15) is 0 Å². The van der Waals surface area contributed by atoms with Crippen molar-refractivity contribution in [3.8, 4) is 11.1 Å². The summed E-state index contributed by atoms with van der Waals surface area (Å²) in [4.78, 5) is 9.03. The molecule has 1 N–H and O–H groups in total. The van der Waals surface area contributed by atoms with E-state index in [-0.39, 0.29) is 0 Å². The first kappa shape index (κ1) is 13.2. The minimum absolute atomic E-state index is 0.672. The molecule has 0 spiro atoms. The largest absolute Gasteiger partial charge is 0.364 e. The van der Waals surface area contributed by atoms with Gasteiger partial charge in [0.15, 0.2) is 0 Å². The molecule has 1 aromatic heterocycles. The van der Waals surface area contributed by atoms with Crippen LogP contribution in [0.4, 0.5) is 0 Å². The van der Waals surface area contributed by atoms with Crippen LogP contribution >= 0.6 is 0 Å². The van der Waals surface area contributed by atoms with Crippen LogP contribution in [0.25, 0.3) is 11.1 Å². The van der Waals surface area contributed by atoms with Gasteiger partial charge in [0.05, 0.1) is 5.71 Å². The molecule has 1 heterocycles. The molecule has 0 saturated carbocycles. The molecule has 0 radical (unpaired) electrons. The van der Waals surface area contributed by atoms with Crippen molar-refractivity contribution >= 4 is 5.71 Å². The van der Waals surface area contributed by atoms with E-state index in [0.29, 0.717) is 5.71 Å². The van der Waals surface area contributed by atoms with Crippen LogP contribution in [0.1, 0.15) is 19.4 Å². The minimum Gasteiger partial charge on any atom is -0.364 e. The van der Waals surface area contributed by atoms with Gasteiger partial charge in [-0.15, -0.1) is 0 Å². The molecule has 0 amide bonds. The zero-order valence-electron chi connectivity index (χ0n) is 10.9. The maximum Gasteiger partial charge on any atom is 0.221 e. The third-order valence-electron chi connectivity index (χ3n) is 2.61. The van der Waals surface area contributed by atoms with E-state index in [0.717, 1.165) is 16.7 Å². The first-order valence-corrected chi connectivity index (χ1v) is 6.06. The van der Waals surface area contributed by atoms with Crippen molar-refractivity contribution in [2.75, 3.05) is 0 Å². The molecule has 0 saturated heterocycles. The number of oxime groups is 1. The van der Waals surface area contributed by atoms with Crippen molar-refractivity contribution in [1.29, 1.82) is 0 Å². The second-order valence-corrected chi connectivity index (χ2v) is 4.21. The molecule has 1 unspecified atom stereocenters. The van der Waals surface area contributed by atoms with Crippen molar-refractivity contribution < 1.29 is 9.94 Å². The van der Waals surface area contributed by atoms with Gasteiger partial charge in [0.1, 0.15) is 0 Å². The number of pyridine rings is 1. The van der Waals surface area contributed by atoms with Gasteiger partial charge in [0.2, 0.25) is 6.29 Å². The van der Waals surface area contributed by atoms with E-state index in [1.54, 1.807) is 6.20 Å². The van der Waals surface area contributed by atoms with E-state index in [4.69, 9.17) is 9.94 Å². The minimum atomic E-state index is -0.916. The Bertz CT molecular complexity index is 565. The molecule has 0 fully saturated rings. The number of nitrogens with zero attached hydrogens (tertiary/aromatic N) is 2. The normalized spacial score (nSPS) is 13.1. The summed E-state index contributed by atoms with van der Waals surface area (Å²) in [6, 6.07) is 12.0. The summed E-state index contributed by atoms with van der Waals surface area (Å²) in [5, 5.41) is 12.9. The lowest BCUT2D eigenvalue weighted by atomic mass is 10.0. The van der Waals surface area contributed by atoms with E-state index in [1.165, 1.54) is 6.92 Å². The van der Waals surface area contributed by atoms with Crippen molar-refractivity contribution in [3.05, 3.63) is 54.4 Å². The van der Waals surface area contributed by atoms with Crippen LogP contribution in [0.5, 0.6) is 0 Å². The third kappa shape index (κ3) is 3.63. The number of aliphatic hydroxyl groups is 1. The summed E-state index contributed by atoms with van der Waals surface area (Å²) in [7, 11) is 0. The summed E-state index contributed by atoms with van der Waals surface area (Å²) >= 11 is 0. The lowest BCUT2D eigenvalue weighted by Gasteiger charge is -2.06. The van der Waals surface area contributed by atoms with E-state index in [1.807, 2.05) is 49.5 Å². The van der Waals surface area contributed by atoms with Gasteiger partial charge in [0.25, 0.3) is 0 Å².